The Balaban J connectivity index is 1.53. The fourth-order valence-corrected chi connectivity index (χ4v) is 3.09. The molecule has 2 aromatic carbocycles. The van der Waals surface area contributed by atoms with E-state index in [0.717, 1.165) is 24.0 Å². The van der Waals surface area contributed by atoms with Crippen molar-refractivity contribution in [2.75, 3.05) is 6.54 Å². The highest BCUT2D eigenvalue weighted by Gasteiger charge is 2.36. The second-order valence-electron chi connectivity index (χ2n) is 5.95. The number of aliphatic hydroxyl groups is 1. The molecular weight excluding hydrogens is 274 g/mol. The van der Waals surface area contributed by atoms with Crippen molar-refractivity contribution in [3.63, 3.8) is 0 Å². The number of hydrogen-bond acceptors (Lipinski definition) is 2. The number of fused-ring (bicyclic) bond motifs is 1. The van der Waals surface area contributed by atoms with E-state index in [2.05, 4.69) is 5.32 Å². The first kappa shape index (κ1) is 14.8. The summed E-state index contributed by atoms with van der Waals surface area (Å²) in [5, 5.41) is 13.7. The van der Waals surface area contributed by atoms with Gasteiger partial charge in [0.05, 0.1) is 6.54 Å². The van der Waals surface area contributed by atoms with Gasteiger partial charge in [0.25, 0.3) is 0 Å². The number of hydrogen-bond donors (Lipinski definition) is 2. The molecule has 0 radical (unpaired) electrons. The summed E-state index contributed by atoms with van der Waals surface area (Å²) in [6.07, 6.45) is 2.71. The zero-order valence-electron chi connectivity index (χ0n) is 12.6. The first-order valence-electron chi connectivity index (χ1n) is 7.79. The van der Waals surface area contributed by atoms with Crippen molar-refractivity contribution < 1.29 is 9.90 Å². The molecule has 0 spiro atoms. The third-order valence-electron chi connectivity index (χ3n) is 4.39. The molecular formula is C19H21NO2. The van der Waals surface area contributed by atoms with Crippen molar-refractivity contribution in [2.24, 2.45) is 0 Å². The van der Waals surface area contributed by atoms with Gasteiger partial charge in [-0.15, -0.1) is 0 Å². The van der Waals surface area contributed by atoms with Crippen LogP contribution < -0.4 is 5.32 Å². The second kappa shape index (κ2) is 6.32. The fourth-order valence-electron chi connectivity index (χ4n) is 3.09. The molecule has 0 heterocycles. The molecule has 3 heteroatoms. The van der Waals surface area contributed by atoms with E-state index >= 15 is 0 Å². The van der Waals surface area contributed by atoms with E-state index in [1.807, 2.05) is 54.6 Å². The summed E-state index contributed by atoms with van der Waals surface area (Å²) in [5.74, 6) is -0.0124. The Hall–Kier alpha value is -2.13. The molecule has 1 atom stereocenters. The molecule has 0 saturated carbocycles. The number of benzene rings is 2. The van der Waals surface area contributed by atoms with Crippen LogP contribution in [0.5, 0.6) is 0 Å². The van der Waals surface area contributed by atoms with Gasteiger partial charge in [-0.05, 0) is 36.0 Å². The number of carbonyl (C=O) groups is 1. The molecule has 22 heavy (non-hydrogen) atoms. The highest BCUT2D eigenvalue weighted by molar-refractivity contribution is 5.76. The predicted octanol–water partition coefficient (Wildman–Crippen LogP) is 2.57. The van der Waals surface area contributed by atoms with Gasteiger partial charge in [-0.3, -0.25) is 4.79 Å². The molecule has 1 unspecified atom stereocenters. The van der Waals surface area contributed by atoms with Gasteiger partial charge >= 0.3 is 0 Å². The van der Waals surface area contributed by atoms with Crippen LogP contribution in [0.15, 0.2) is 54.6 Å². The van der Waals surface area contributed by atoms with Gasteiger partial charge in [0, 0.05) is 6.42 Å². The third-order valence-corrected chi connectivity index (χ3v) is 4.39. The smallest absolute Gasteiger partial charge is 0.220 e. The summed E-state index contributed by atoms with van der Waals surface area (Å²) < 4.78 is 0. The van der Waals surface area contributed by atoms with Crippen molar-refractivity contribution in [1.29, 1.82) is 0 Å². The van der Waals surface area contributed by atoms with Gasteiger partial charge in [-0.2, -0.15) is 0 Å². The van der Waals surface area contributed by atoms with Crippen LogP contribution in [0.4, 0.5) is 0 Å². The molecule has 114 valence electrons. The van der Waals surface area contributed by atoms with Crippen LogP contribution in [0.2, 0.25) is 0 Å². The molecule has 1 aliphatic carbocycles. The molecule has 0 saturated heterocycles. The maximum absolute atomic E-state index is 12.0. The van der Waals surface area contributed by atoms with E-state index in [1.165, 1.54) is 5.56 Å². The maximum Gasteiger partial charge on any atom is 0.220 e. The third kappa shape index (κ3) is 3.20. The van der Waals surface area contributed by atoms with Crippen LogP contribution in [-0.4, -0.2) is 17.6 Å². The van der Waals surface area contributed by atoms with Crippen molar-refractivity contribution in [3.05, 3.63) is 71.3 Å². The van der Waals surface area contributed by atoms with Gasteiger partial charge in [0.2, 0.25) is 5.91 Å². The molecule has 3 nitrogen and oxygen atoms in total. The monoisotopic (exact) mass is 295 g/mol. The second-order valence-corrected chi connectivity index (χ2v) is 5.95. The lowest BCUT2D eigenvalue weighted by Gasteiger charge is -2.24. The Morgan fingerprint density at radius 2 is 1.82 bits per heavy atom. The van der Waals surface area contributed by atoms with E-state index in [9.17, 15) is 9.90 Å². The highest BCUT2D eigenvalue weighted by atomic mass is 16.3. The Morgan fingerprint density at radius 1 is 1.09 bits per heavy atom. The van der Waals surface area contributed by atoms with Gasteiger partial charge in [-0.1, -0.05) is 54.6 Å². The van der Waals surface area contributed by atoms with E-state index in [-0.39, 0.29) is 12.5 Å². The van der Waals surface area contributed by atoms with Crippen LogP contribution in [0.1, 0.15) is 29.5 Å². The fraction of sp³-hybridized carbons (Fsp3) is 0.316. The minimum atomic E-state index is -0.918. The first-order chi connectivity index (χ1) is 10.7. The Labute approximate surface area is 131 Å². The SMILES string of the molecule is O=C(CCc1ccccc1)NCC1(O)CCc2ccccc21. The summed E-state index contributed by atoms with van der Waals surface area (Å²) in [6.45, 7) is 0.289. The van der Waals surface area contributed by atoms with E-state index in [4.69, 9.17) is 0 Å². The Bertz CT molecular complexity index is 653. The van der Waals surface area contributed by atoms with E-state index in [1.54, 1.807) is 0 Å². The van der Waals surface area contributed by atoms with Gasteiger partial charge in [0.15, 0.2) is 0 Å². The molecule has 0 aliphatic heterocycles. The molecule has 2 aromatic rings. The lowest BCUT2D eigenvalue weighted by atomic mass is 9.96. The highest BCUT2D eigenvalue weighted by Crippen LogP contribution is 2.36. The predicted molar refractivity (Wildman–Crippen MR) is 86.4 cm³/mol. The van der Waals surface area contributed by atoms with Crippen LogP contribution in [0, 0.1) is 0 Å². The van der Waals surface area contributed by atoms with Gasteiger partial charge in [0.1, 0.15) is 5.60 Å². The molecule has 0 aromatic heterocycles. The minimum Gasteiger partial charge on any atom is -0.383 e. The van der Waals surface area contributed by atoms with Crippen molar-refractivity contribution >= 4 is 5.91 Å². The summed E-state index contributed by atoms with van der Waals surface area (Å²) >= 11 is 0. The van der Waals surface area contributed by atoms with Crippen molar-refractivity contribution in [1.82, 2.24) is 5.32 Å². The van der Waals surface area contributed by atoms with Gasteiger partial charge in [-0.25, -0.2) is 0 Å². The number of nitrogens with one attached hydrogen (secondary N) is 1. The molecule has 0 fully saturated rings. The lowest BCUT2D eigenvalue weighted by molar-refractivity contribution is -0.122. The zero-order chi connectivity index (χ0) is 15.4. The molecule has 3 rings (SSSR count). The average molecular weight is 295 g/mol. The van der Waals surface area contributed by atoms with Crippen molar-refractivity contribution in [2.45, 2.75) is 31.3 Å². The molecule has 1 aliphatic rings. The van der Waals surface area contributed by atoms with Crippen LogP contribution >= 0.6 is 0 Å². The zero-order valence-corrected chi connectivity index (χ0v) is 12.6. The van der Waals surface area contributed by atoms with Gasteiger partial charge < -0.3 is 10.4 Å². The lowest BCUT2D eigenvalue weighted by Crippen LogP contribution is -2.39. The molecule has 0 bridgehead atoms. The minimum absolute atomic E-state index is 0.0124. The molecule has 1 amide bonds. The molecule has 2 N–H and O–H groups in total. The largest absolute Gasteiger partial charge is 0.383 e. The Morgan fingerprint density at radius 3 is 2.64 bits per heavy atom. The summed E-state index contributed by atoms with van der Waals surface area (Å²) in [5.41, 5.74) is 2.38. The summed E-state index contributed by atoms with van der Waals surface area (Å²) in [4.78, 5) is 12.0. The first-order valence-corrected chi connectivity index (χ1v) is 7.79. The standard InChI is InChI=1S/C19H21NO2/c21-18(11-10-15-6-2-1-3-7-15)20-14-19(22)13-12-16-8-4-5-9-17(16)19/h1-9,22H,10-14H2,(H,20,21). The summed E-state index contributed by atoms with van der Waals surface area (Å²) in [6, 6.07) is 17.9. The van der Waals surface area contributed by atoms with Crippen LogP contribution in [-0.2, 0) is 23.2 Å². The quantitative estimate of drug-likeness (QED) is 0.890. The summed E-state index contributed by atoms with van der Waals surface area (Å²) in [7, 11) is 0. The number of aryl methyl sites for hydroxylation is 2. The van der Waals surface area contributed by atoms with E-state index in [0.29, 0.717) is 12.8 Å². The van der Waals surface area contributed by atoms with E-state index < -0.39 is 5.60 Å². The number of amides is 1. The Kier molecular flexibility index (Phi) is 4.25. The topological polar surface area (TPSA) is 49.3 Å². The number of carbonyl (C=O) groups excluding carboxylic acids is 1. The normalized spacial score (nSPS) is 19.7. The van der Waals surface area contributed by atoms with Crippen molar-refractivity contribution in [3.8, 4) is 0 Å². The van der Waals surface area contributed by atoms with Crippen LogP contribution in [0.3, 0.4) is 0 Å². The van der Waals surface area contributed by atoms with Crippen LogP contribution in [0.25, 0.3) is 0 Å². The average Bonchev–Trinajstić information content (AvgIpc) is 2.90. The maximum atomic E-state index is 12.0. The number of rotatable bonds is 5.